The molecule has 0 unspecified atom stereocenters. The number of phenolic OH excluding ortho intramolecular Hbond substituents is 1. The predicted molar refractivity (Wildman–Crippen MR) is 136 cm³/mol. The van der Waals surface area contributed by atoms with Gasteiger partial charge in [-0.25, -0.2) is 0 Å². The molecule has 1 N–H and O–H groups in total. The number of hydrogen-bond acceptors (Lipinski definition) is 2. The Hall–Kier alpha value is -2.65. The van der Waals surface area contributed by atoms with Crippen LogP contribution in [0.15, 0.2) is 65.3 Å². The van der Waals surface area contributed by atoms with Crippen LogP contribution in [0.1, 0.15) is 5.56 Å². The van der Waals surface area contributed by atoms with Crippen LogP contribution in [0.3, 0.4) is 0 Å². The van der Waals surface area contributed by atoms with Crippen molar-refractivity contribution in [3.05, 3.63) is 70.8 Å². The van der Waals surface area contributed by atoms with Crippen LogP contribution in [0.4, 0.5) is 0 Å². The maximum absolute atomic E-state index is 9.99. The van der Waals surface area contributed by atoms with E-state index >= 15 is 0 Å². The van der Waals surface area contributed by atoms with Crippen LogP contribution in [0.25, 0.3) is 33.5 Å². The molecular weight excluding hydrogens is 441 g/mol. The summed E-state index contributed by atoms with van der Waals surface area (Å²) < 4.78 is 1.05. The van der Waals surface area contributed by atoms with Gasteiger partial charge in [-0.3, -0.25) is 4.98 Å². The summed E-state index contributed by atoms with van der Waals surface area (Å²) in [4.78, 5) is 4.61. The van der Waals surface area contributed by atoms with E-state index in [1.54, 1.807) is 6.20 Å². The maximum Gasteiger partial charge on any atom is 0.118 e. The number of hydrogen-bond donors (Lipinski definition) is 1. The molecule has 0 saturated carbocycles. The SMILES string of the molecule is [B]c1c([B])c(-c2cnc(-c3ccc(-c4ccccc4Br)cc3)cc2C)c([B])c([B])c1O. The van der Waals surface area contributed by atoms with Crippen LogP contribution < -0.4 is 21.9 Å². The zero-order valence-electron chi connectivity index (χ0n) is 16.9. The first-order valence-corrected chi connectivity index (χ1v) is 10.4. The van der Waals surface area contributed by atoms with Gasteiger partial charge in [0.2, 0.25) is 0 Å². The first-order valence-electron chi connectivity index (χ1n) is 9.56. The molecular formula is C24H14B4BrNO. The Balaban J connectivity index is 1.73. The fourth-order valence-electron chi connectivity index (χ4n) is 3.60. The molecule has 0 aliphatic rings. The Morgan fingerprint density at radius 1 is 0.774 bits per heavy atom. The summed E-state index contributed by atoms with van der Waals surface area (Å²) in [5.74, 6) is -0.300. The van der Waals surface area contributed by atoms with Crippen molar-refractivity contribution in [2.45, 2.75) is 6.92 Å². The van der Waals surface area contributed by atoms with Gasteiger partial charge in [0.1, 0.15) is 31.4 Å². The number of aromatic nitrogens is 1. The largest absolute Gasteiger partial charge is 0.509 e. The Bertz CT molecular complexity index is 1280. The number of nitrogens with zero attached hydrogens (tertiary/aromatic N) is 1. The molecule has 4 aromatic rings. The molecule has 0 aliphatic heterocycles. The van der Waals surface area contributed by atoms with Crippen molar-refractivity contribution >= 4 is 69.2 Å². The number of pyridine rings is 1. The summed E-state index contributed by atoms with van der Waals surface area (Å²) in [6.45, 7) is 1.94. The molecule has 7 heteroatoms. The molecule has 0 amide bonds. The van der Waals surface area contributed by atoms with Gasteiger partial charge < -0.3 is 5.11 Å². The second-order valence-corrected chi connectivity index (χ2v) is 8.17. The molecule has 3 aromatic carbocycles. The van der Waals surface area contributed by atoms with Gasteiger partial charge in [-0.15, -0.1) is 0 Å². The topological polar surface area (TPSA) is 33.1 Å². The fraction of sp³-hybridized carbons (Fsp3) is 0.0417. The minimum atomic E-state index is -0.300. The van der Waals surface area contributed by atoms with E-state index < -0.39 is 0 Å². The van der Waals surface area contributed by atoms with Crippen LogP contribution in [-0.2, 0) is 0 Å². The lowest BCUT2D eigenvalue weighted by Gasteiger charge is -2.21. The highest BCUT2D eigenvalue weighted by Crippen LogP contribution is 2.30. The van der Waals surface area contributed by atoms with Gasteiger partial charge in [-0.05, 0) is 41.3 Å². The second-order valence-electron chi connectivity index (χ2n) is 7.32. The number of benzene rings is 3. The average molecular weight is 456 g/mol. The zero-order chi connectivity index (χ0) is 22.3. The Morgan fingerprint density at radius 2 is 1.35 bits per heavy atom. The van der Waals surface area contributed by atoms with Crippen LogP contribution in [0.2, 0.25) is 0 Å². The summed E-state index contributed by atoms with van der Waals surface area (Å²) in [6, 6.07) is 18.3. The summed E-state index contributed by atoms with van der Waals surface area (Å²) in [6.07, 6.45) is 1.70. The van der Waals surface area contributed by atoms with E-state index in [9.17, 15) is 5.11 Å². The highest BCUT2D eigenvalue weighted by atomic mass is 79.9. The maximum atomic E-state index is 9.99. The third-order valence-electron chi connectivity index (χ3n) is 5.37. The summed E-state index contributed by atoms with van der Waals surface area (Å²) in [5, 5.41) is 9.99. The minimum absolute atomic E-state index is 0.00726. The van der Waals surface area contributed by atoms with Crippen molar-refractivity contribution in [1.82, 2.24) is 4.98 Å². The van der Waals surface area contributed by atoms with Gasteiger partial charge in [-0.1, -0.05) is 80.2 Å². The summed E-state index contributed by atoms with van der Waals surface area (Å²) in [7, 11) is 24.1. The standard InChI is InChI=1S/C24H14B4BrNO/c1-12-10-18(14-8-6-13(7-9-14)15-4-2-3-5-17(15)29)30-11-16(12)19-20(25)22(27)24(31)23(28)21(19)26/h2-11,31H,1H3. The molecule has 8 radical (unpaired) electrons. The average Bonchev–Trinajstić information content (AvgIpc) is 2.78. The van der Waals surface area contributed by atoms with Crippen molar-refractivity contribution in [3.63, 3.8) is 0 Å². The van der Waals surface area contributed by atoms with Gasteiger partial charge in [0.05, 0.1) is 11.4 Å². The van der Waals surface area contributed by atoms with Gasteiger partial charge in [-0.2, -0.15) is 0 Å². The molecule has 0 fully saturated rings. The summed E-state index contributed by atoms with van der Waals surface area (Å²) in [5.41, 5.74) is 6.51. The molecule has 1 heterocycles. The molecule has 4 rings (SSSR count). The van der Waals surface area contributed by atoms with Crippen molar-refractivity contribution < 1.29 is 5.11 Å². The first kappa shape index (κ1) is 21.6. The molecule has 0 atom stereocenters. The lowest BCUT2D eigenvalue weighted by molar-refractivity contribution is 0.484. The smallest absolute Gasteiger partial charge is 0.118 e. The summed E-state index contributed by atoms with van der Waals surface area (Å²) >= 11 is 3.60. The van der Waals surface area contributed by atoms with E-state index in [0.717, 1.165) is 32.4 Å². The van der Waals surface area contributed by atoms with Gasteiger partial charge in [0.25, 0.3) is 0 Å². The van der Waals surface area contributed by atoms with Gasteiger partial charge >= 0.3 is 0 Å². The minimum Gasteiger partial charge on any atom is -0.509 e. The zero-order valence-corrected chi connectivity index (χ0v) is 18.4. The van der Waals surface area contributed by atoms with Gasteiger partial charge in [0, 0.05) is 21.8 Å². The molecule has 31 heavy (non-hydrogen) atoms. The van der Waals surface area contributed by atoms with Crippen LogP contribution >= 0.6 is 15.9 Å². The van der Waals surface area contributed by atoms with E-state index in [2.05, 4.69) is 39.1 Å². The van der Waals surface area contributed by atoms with Crippen molar-refractivity contribution in [3.8, 4) is 39.3 Å². The van der Waals surface area contributed by atoms with E-state index in [1.807, 2.05) is 43.3 Å². The lowest BCUT2D eigenvalue weighted by atomic mass is 9.65. The Kier molecular flexibility index (Phi) is 5.90. The van der Waals surface area contributed by atoms with Crippen molar-refractivity contribution in [2.24, 2.45) is 0 Å². The number of halogens is 1. The second kappa shape index (κ2) is 8.47. The molecule has 0 bridgehead atoms. The fourth-order valence-corrected chi connectivity index (χ4v) is 4.11. The Morgan fingerprint density at radius 3 is 1.94 bits per heavy atom. The third kappa shape index (κ3) is 3.87. The molecule has 2 nitrogen and oxygen atoms in total. The van der Waals surface area contributed by atoms with Gasteiger partial charge in [0.15, 0.2) is 0 Å². The third-order valence-corrected chi connectivity index (χ3v) is 6.07. The molecule has 0 saturated heterocycles. The van der Waals surface area contributed by atoms with E-state index in [4.69, 9.17) is 31.4 Å². The molecule has 1 aromatic heterocycles. The molecule has 140 valence electrons. The highest BCUT2D eigenvalue weighted by molar-refractivity contribution is 9.10. The van der Waals surface area contributed by atoms with Crippen LogP contribution in [0, 0.1) is 6.92 Å². The lowest BCUT2D eigenvalue weighted by Crippen LogP contribution is -2.42. The highest BCUT2D eigenvalue weighted by Gasteiger charge is 2.16. The quantitative estimate of drug-likeness (QED) is 0.480. The van der Waals surface area contributed by atoms with E-state index in [-0.39, 0.29) is 27.6 Å². The normalized spacial score (nSPS) is 10.9. The number of aryl methyl sites for hydroxylation is 1. The molecule has 0 aliphatic carbocycles. The van der Waals surface area contributed by atoms with Crippen molar-refractivity contribution in [1.29, 1.82) is 0 Å². The van der Waals surface area contributed by atoms with E-state index in [1.165, 1.54) is 0 Å². The number of rotatable bonds is 3. The Labute approximate surface area is 195 Å². The predicted octanol–water partition coefficient (Wildman–Crippen LogP) is 2.03. The first-order chi connectivity index (χ1) is 14.8. The van der Waals surface area contributed by atoms with Crippen LogP contribution in [0.5, 0.6) is 5.75 Å². The monoisotopic (exact) mass is 455 g/mol. The van der Waals surface area contributed by atoms with Crippen molar-refractivity contribution in [2.75, 3.05) is 0 Å². The van der Waals surface area contributed by atoms with E-state index in [0.29, 0.717) is 11.1 Å². The number of aromatic hydroxyl groups is 1. The molecule has 0 spiro atoms. The van der Waals surface area contributed by atoms with Crippen LogP contribution in [-0.4, -0.2) is 41.5 Å². The number of phenols is 1.